The maximum atomic E-state index is 12.9. The average Bonchev–Trinajstić information content (AvgIpc) is 3.10. The molecule has 0 saturated heterocycles. The number of H-pyrrole nitrogens is 1. The third kappa shape index (κ3) is 4.74. The molecular formula is C18H19N5O4S2. The number of thioether (sulfide) groups is 1. The Morgan fingerprint density at radius 1 is 1.34 bits per heavy atom. The molecule has 1 atom stereocenters. The van der Waals surface area contributed by atoms with Crippen LogP contribution in [0.2, 0.25) is 0 Å². The van der Waals surface area contributed by atoms with Crippen LogP contribution in [-0.2, 0) is 16.0 Å². The lowest BCUT2D eigenvalue weighted by molar-refractivity contribution is -0.119. The van der Waals surface area contributed by atoms with Gasteiger partial charge < -0.3 is 16.0 Å². The molecule has 0 aliphatic heterocycles. The van der Waals surface area contributed by atoms with Gasteiger partial charge in [-0.3, -0.25) is 14.4 Å². The fourth-order valence-electron chi connectivity index (χ4n) is 2.88. The molecule has 9 nitrogen and oxygen atoms in total. The highest BCUT2D eigenvalue weighted by atomic mass is 32.2. The lowest BCUT2D eigenvalue weighted by Gasteiger charge is -2.18. The van der Waals surface area contributed by atoms with Crippen molar-refractivity contribution in [3.8, 4) is 0 Å². The molecule has 2 amide bonds. The molecule has 4 N–H and O–H groups in total. The van der Waals surface area contributed by atoms with Crippen molar-refractivity contribution in [3.63, 3.8) is 0 Å². The number of para-hydroxylation sites is 1. The zero-order chi connectivity index (χ0) is 21.0. The molecule has 3 aromatic rings. The fraction of sp³-hybridized carbons (Fsp3) is 0.278. The van der Waals surface area contributed by atoms with Crippen molar-refractivity contribution in [2.24, 2.45) is 5.73 Å². The number of carbonyl (C=O) groups is 2. The highest BCUT2D eigenvalue weighted by molar-refractivity contribution is 7.98. The summed E-state index contributed by atoms with van der Waals surface area (Å²) in [5, 5.41) is 4.85. The van der Waals surface area contributed by atoms with Crippen LogP contribution in [0.15, 0.2) is 39.2 Å². The first kappa shape index (κ1) is 20.8. The van der Waals surface area contributed by atoms with Crippen molar-refractivity contribution < 1.29 is 9.59 Å². The van der Waals surface area contributed by atoms with Crippen LogP contribution in [-0.4, -0.2) is 38.4 Å². The topological polar surface area (TPSA) is 140 Å². The fourth-order valence-corrected chi connectivity index (χ4v) is 4.05. The van der Waals surface area contributed by atoms with Gasteiger partial charge in [-0.1, -0.05) is 12.1 Å². The monoisotopic (exact) mass is 433 g/mol. The third-order valence-electron chi connectivity index (χ3n) is 4.18. The summed E-state index contributed by atoms with van der Waals surface area (Å²) in [6.45, 7) is 0. The zero-order valence-corrected chi connectivity index (χ0v) is 17.1. The maximum absolute atomic E-state index is 12.9. The zero-order valence-electron chi connectivity index (χ0n) is 15.5. The number of nitrogens with zero attached hydrogens (tertiary/aromatic N) is 2. The number of carbonyl (C=O) groups excluding carboxylic acids is 2. The van der Waals surface area contributed by atoms with Crippen molar-refractivity contribution in [2.45, 2.75) is 18.9 Å². The van der Waals surface area contributed by atoms with Gasteiger partial charge in [0.1, 0.15) is 6.04 Å². The summed E-state index contributed by atoms with van der Waals surface area (Å²) in [6, 6.07) is 5.64. The van der Waals surface area contributed by atoms with Crippen LogP contribution in [0.3, 0.4) is 0 Å². The molecule has 2 aromatic heterocycles. The number of fused-ring (bicyclic) bond motifs is 1. The van der Waals surface area contributed by atoms with Gasteiger partial charge in [0, 0.05) is 5.38 Å². The lowest BCUT2D eigenvalue weighted by Crippen LogP contribution is -2.43. The van der Waals surface area contributed by atoms with E-state index < -0.39 is 29.1 Å². The number of anilines is 1. The van der Waals surface area contributed by atoms with Gasteiger partial charge in [-0.25, -0.2) is 14.3 Å². The molecular weight excluding hydrogens is 414 g/mol. The van der Waals surface area contributed by atoms with Crippen molar-refractivity contribution in [1.82, 2.24) is 14.5 Å². The van der Waals surface area contributed by atoms with E-state index in [1.807, 2.05) is 6.26 Å². The lowest BCUT2D eigenvalue weighted by atomic mass is 10.2. The largest absolute Gasteiger partial charge is 0.369 e. The summed E-state index contributed by atoms with van der Waals surface area (Å²) in [5.41, 5.74) is 4.83. The quantitative estimate of drug-likeness (QED) is 0.486. The van der Waals surface area contributed by atoms with Crippen molar-refractivity contribution in [2.75, 3.05) is 17.3 Å². The summed E-state index contributed by atoms with van der Waals surface area (Å²) < 4.78 is 0.950. The summed E-state index contributed by atoms with van der Waals surface area (Å²) in [7, 11) is 0. The molecule has 0 radical (unpaired) electrons. The van der Waals surface area contributed by atoms with E-state index in [1.165, 1.54) is 11.8 Å². The Bertz CT molecular complexity index is 1170. The number of aromatic nitrogens is 3. The van der Waals surface area contributed by atoms with E-state index in [-0.39, 0.29) is 18.0 Å². The van der Waals surface area contributed by atoms with Crippen LogP contribution in [0.25, 0.3) is 10.9 Å². The first-order valence-electron chi connectivity index (χ1n) is 8.66. The van der Waals surface area contributed by atoms with E-state index in [1.54, 1.807) is 29.6 Å². The van der Waals surface area contributed by atoms with Gasteiger partial charge in [0.05, 0.1) is 23.0 Å². The number of aromatic amines is 1. The molecule has 0 spiro atoms. The maximum Gasteiger partial charge on any atom is 0.329 e. The Hall–Kier alpha value is -2.92. The van der Waals surface area contributed by atoms with Crippen LogP contribution in [0.1, 0.15) is 18.2 Å². The van der Waals surface area contributed by atoms with Crippen LogP contribution in [0.4, 0.5) is 5.13 Å². The minimum atomic E-state index is -1.01. The van der Waals surface area contributed by atoms with E-state index in [9.17, 15) is 19.2 Å². The molecule has 152 valence electrons. The predicted molar refractivity (Wildman–Crippen MR) is 115 cm³/mol. The van der Waals surface area contributed by atoms with Gasteiger partial charge in [0.15, 0.2) is 5.13 Å². The van der Waals surface area contributed by atoms with Gasteiger partial charge in [0.2, 0.25) is 11.8 Å². The average molecular weight is 434 g/mol. The van der Waals surface area contributed by atoms with Crippen LogP contribution in [0, 0.1) is 0 Å². The molecule has 29 heavy (non-hydrogen) atoms. The van der Waals surface area contributed by atoms with Crippen molar-refractivity contribution >= 4 is 50.9 Å². The van der Waals surface area contributed by atoms with E-state index in [0.29, 0.717) is 22.3 Å². The second-order valence-electron chi connectivity index (χ2n) is 6.22. The summed E-state index contributed by atoms with van der Waals surface area (Å²) in [4.78, 5) is 56.3. The highest BCUT2D eigenvalue weighted by Crippen LogP contribution is 2.19. The van der Waals surface area contributed by atoms with Crippen molar-refractivity contribution in [3.05, 3.63) is 56.2 Å². The second kappa shape index (κ2) is 9.05. The third-order valence-corrected chi connectivity index (χ3v) is 5.63. The molecule has 2 heterocycles. The van der Waals surface area contributed by atoms with Crippen LogP contribution < -0.4 is 22.3 Å². The molecule has 11 heteroatoms. The molecule has 0 aliphatic carbocycles. The number of rotatable bonds is 8. The van der Waals surface area contributed by atoms with Gasteiger partial charge in [-0.15, -0.1) is 11.3 Å². The normalized spacial score (nSPS) is 12.0. The minimum absolute atomic E-state index is 0.0356. The molecule has 0 saturated carbocycles. The Balaban J connectivity index is 1.96. The van der Waals surface area contributed by atoms with Crippen LogP contribution >= 0.6 is 23.1 Å². The van der Waals surface area contributed by atoms with Gasteiger partial charge in [-0.05, 0) is 30.6 Å². The molecule has 3 rings (SSSR count). The van der Waals surface area contributed by atoms with Crippen LogP contribution in [0.5, 0.6) is 0 Å². The standard InChI is InChI=1S/C18H19N5O4S2/c1-28-7-6-13(15(25)22-17-20-10(9-29-17)8-14(19)24)23-16(26)11-4-2-3-5-12(11)21-18(23)27/h2-5,9,13H,6-8H2,1H3,(H2,19,24)(H,21,27)(H,20,22,25). The SMILES string of the molecule is CSCCC(C(=O)Nc1nc(CC(N)=O)cs1)n1c(=O)[nH]c2ccccc2c1=O. The first-order valence-corrected chi connectivity index (χ1v) is 10.9. The van der Waals surface area contributed by atoms with E-state index in [4.69, 9.17) is 5.73 Å². The van der Waals surface area contributed by atoms with Crippen molar-refractivity contribution in [1.29, 1.82) is 0 Å². The Morgan fingerprint density at radius 2 is 2.10 bits per heavy atom. The Kier molecular flexibility index (Phi) is 6.49. The Morgan fingerprint density at radius 3 is 2.83 bits per heavy atom. The molecule has 1 aromatic carbocycles. The van der Waals surface area contributed by atoms with E-state index >= 15 is 0 Å². The summed E-state index contributed by atoms with van der Waals surface area (Å²) >= 11 is 2.64. The van der Waals surface area contributed by atoms with Gasteiger partial charge in [-0.2, -0.15) is 11.8 Å². The number of amides is 2. The number of nitrogens with two attached hydrogens (primary N) is 1. The molecule has 0 fully saturated rings. The van der Waals surface area contributed by atoms with Gasteiger partial charge in [0.25, 0.3) is 5.56 Å². The first-order chi connectivity index (χ1) is 13.9. The van der Waals surface area contributed by atoms with Gasteiger partial charge >= 0.3 is 5.69 Å². The predicted octanol–water partition coefficient (Wildman–Crippen LogP) is 1.11. The van der Waals surface area contributed by atoms with E-state index in [2.05, 4.69) is 15.3 Å². The Labute approximate surface area is 173 Å². The number of hydrogen-bond donors (Lipinski definition) is 3. The smallest absolute Gasteiger partial charge is 0.329 e. The summed E-state index contributed by atoms with van der Waals surface area (Å²) in [5.74, 6) is -0.483. The van der Waals surface area contributed by atoms with E-state index in [0.717, 1.165) is 15.9 Å². The molecule has 1 unspecified atom stereocenters. The number of hydrogen-bond acceptors (Lipinski definition) is 7. The number of primary amides is 1. The second-order valence-corrected chi connectivity index (χ2v) is 8.07. The minimum Gasteiger partial charge on any atom is -0.369 e. The molecule has 0 aliphatic rings. The number of benzene rings is 1. The molecule has 0 bridgehead atoms. The summed E-state index contributed by atoms with van der Waals surface area (Å²) in [6.07, 6.45) is 2.12. The highest BCUT2D eigenvalue weighted by Gasteiger charge is 2.25. The number of thiazole rings is 1. The number of nitrogens with one attached hydrogen (secondary N) is 2.